The van der Waals surface area contributed by atoms with E-state index in [-0.39, 0.29) is 17.3 Å². The van der Waals surface area contributed by atoms with Crippen molar-refractivity contribution >= 4 is 16.9 Å². The molecule has 0 unspecified atom stereocenters. The first kappa shape index (κ1) is 16.0. The molecule has 7 heteroatoms. The van der Waals surface area contributed by atoms with Crippen LogP contribution in [0, 0.1) is 19.7 Å². The van der Waals surface area contributed by atoms with Crippen LogP contribution in [0.15, 0.2) is 45.3 Å². The number of hydrogen-bond acceptors (Lipinski definition) is 5. The van der Waals surface area contributed by atoms with E-state index in [9.17, 15) is 9.18 Å². The van der Waals surface area contributed by atoms with Crippen molar-refractivity contribution in [2.75, 3.05) is 0 Å². The molecule has 0 aliphatic carbocycles. The van der Waals surface area contributed by atoms with Crippen molar-refractivity contribution in [3.63, 3.8) is 0 Å². The average molecular weight is 352 g/mol. The number of nitrogens with zero attached hydrogens (tertiary/aromatic N) is 2. The van der Waals surface area contributed by atoms with E-state index in [0.717, 1.165) is 34.2 Å². The molecule has 0 aliphatic heterocycles. The summed E-state index contributed by atoms with van der Waals surface area (Å²) in [7, 11) is 0. The maximum atomic E-state index is 13.9. The fourth-order valence-electron chi connectivity index (χ4n) is 2.76. The van der Waals surface area contributed by atoms with Crippen LogP contribution < -0.4 is 0 Å². The van der Waals surface area contributed by atoms with Crippen LogP contribution in [0.2, 0.25) is 0 Å². The number of carboxylic acid groups (broad SMARTS) is 1. The lowest BCUT2D eigenvalue weighted by Crippen LogP contribution is -2.00. The number of carbonyl (C=O) groups is 1. The number of fused-ring (bicyclic) bond motifs is 1. The summed E-state index contributed by atoms with van der Waals surface area (Å²) in [6.07, 6.45) is 0. The molecule has 0 saturated heterocycles. The van der Waals surface area contributed by atoms with Gasteiger partial charge in [-0.3, -0.25) is 0 Å². The van der Waals surface area contributed by atoms with E-state index in [0.29, 0.717) is 5.76 Å². The molecule has 0 saturated carbocycles. The molecule has 0 bridgehead atoms. The standard InChI is InChI=1S/C19H13FN2O4/c1-9-3-4-10(2)16-13(9)8-15(25-16)17-21-18(26-22-17)11-5-6-12(19(23)24)14(20)7-11/h3-8H,1-2H3,(H,23,24). The van der Waals surface area contributed by atoms with Crippen molar-refractivity contribution in [3.8, 4) is 23.0 Å². The van der Waals surface area contributed by atoms with Crippen molar-refractivity contribution in [1.82, 2.24) is 10.1 Å². The minimum absolute atomic E-state index is 0.0738. The van der Waals surface area contributed by atoms with Gasteiger partial charge in [0.1, 0.15) is 11.4 Å². The van der Waals surface area contributed by atoms with Gasteiger partial charge in [0, 0.05) is 10.9 Å². The smallest absolute Gasteiger partial charge is 0.338 e. The maximum Gasteiger partial charge on any atom is 0.338 e. The van der Waals surface area contributed by atoms with Gasteiger partial charge in [0.15, 0.2) is 5.76 Å². The van der Waals surface area contributed by atoms with Gasteiger partial charge in [-0.1, -0.05) is 17.3 Å². The Morgan fingerprint density at radius 1 is 1.12 bits per heavy atom. The number of halogens is 1. The molecule has 0 amide bonds. The second-order valence-electron chi connectivity index (χ2n) is 5.98. The lowest BCUT2D eigenvalue weighted by molar-refractivity contribution is 0.0692. The third-order valence-corrected chi connectivity index (χ3v) is 4.19. The van der Waals surface area contributed by atoms with E-state index in [2.05, 4.69) is 10.1 Å². The fraction of sp³-hybridized carbons (Fsp3) is 0.105. The summed E-state index contributed by atoms with van der Waals surface area (Å²) >= 11 is 0. The Kier molecular flexibility index (Phi) is 3.57. The molecule has 0 atom stereocenters. The van der Waals surface area contributed by atoms with Crippen LogP contribution in [0.3, 0.4) is 0 Å². The molecule has 0 aliphatic rings. The Balaban J connectivity index is 1.75. The van der Waals surface area contributed by atoms with Crippen molar-refractivity contribution in [1.29, 1.82) is 0 Å². The summed E-state index contributed by atoms with van der Waals surface area (Å²) in [4.78, 5) is 15.1. The van der Waals surface area contributed by atoms with Crippen molar-refractivity contribution < 1.29 is 23.2 Å². The van der Waals surface area contributed by atoms with Gasteiger partial charge >= 0.3 is 5.97 Å². The van der Waals surface area contributed by atoms with E-state index in [1.165, 1.54) is 6.07 Å². The Morgan fingerprint density at radius 2 is 1.88 bits per heavy atom. The van der Waals surface area contributed by atoms with Crippen LogP contribution in [-0.4, -0.2) is 21.2 Å². The Labute approximate surface area is 146 Å². The van der Waals surface area contributed by atoms with Gasteiger partial charge in [0.05, 0.1) is 5.56 Å². The number of carboxylic acids is 1. The predicted molar refractivity (Wildman–Crippen MR) is 91.3 cm³/mol. The minimum atomic E-state index is -1.34. The molecule has 130 valence electrons. The average Bonchev–Trinajstić information content (AvgIpc) is 3.25. The summed E-state index contributed by atoms with van der Waals surface area (Å²) in [5.74, 6) is -1.46. The van der Waals surface area contributed by atoms with Gasteiger partial charge in [-0.05, 0) is 49.2 Å². The van der Waals surface area contributed by atoms with Gasteiger partial charge in [-0.15, -0.1) is 0 Å². The quantitative estimate of drug-likeness (QED) is 0.579. The third-order valence-electron chi connectivity index (χ3n) is 4.19. The van der Waals surface area contributed by atoms with Gasteiger partial charge in [-0.25, -0.2) is 9.18 Å². The monoisotopic (exact) mass is 352 g/mol. The number of aryl methyl sites for hydroxylation is 2. The Hall–Kier alpha value is -3.48. The SMILES string of the molecule is Cc1ccc(C)c2oc(-c3noc(-c4ccc(C(=O)O)c(F)c4)n3)cc12. The fourth-order valence-corrected chi connectivity index (χ4v) is 2.76. The zero-order chi connectivity index (χ0) is 18.4. The first-order valence-corrected chi connectivity index (χ1v) is 7.81. The summed E-state index contributed by atoms with van der Waals surface area (Å²) in [5.41, 5.74) is 2.68. The van der Waals surface area contributed by atoms with Crippen LogP contribution >= 0.6 is 0 Å². The topological polar surface area (TPSA) is 89.4 Å². The summed E-state index contributed by atoms with van der Waals surface area (Å²) in [6, 6.07) is 9.43. The molecular formula is C19H13FN2O4. The zero-order valence-electron chi connectivity index (χ0n) is 13.9. The molecule has 4 aromatic rings. The molecular weight excluding hydrogens is 339 g/mol. The largest absolute Gasteiger partial charge is 0.478 e. The lowest BCUT2D eigenvalue weighted by atomic mass is 10.1. The normalized spacial score (nSPS) is 11.2. The van der Waals surface area contributed by atoms with Gasteiger partial charge in [0.2, 0.25) is 5.82 Å². The van der Waals surface area contributed by atoms with Gasteiger partial charge in [0.25, 0.3) is 5.89 Å². The third kappa shape index (κ3) is 2.54. The molecule has 26 heavy (non-hydrogen) atoms. The molecule has 6 nitrogen and oxygen atoms in total. The molecule has 0 fully saturated rings. The summed E-state index contributed by atoms with van der Waals surface area (Å²) in [6.45, 7) is 3.93. The predicted octanol–water partition coefficient (Wildman–Crippen LogP) is 4.60. The molecule has 1 N–H and O–H groups in total. The highest BCUT2D eigenvalue weighted by molar-refractivity contribution is 5.89. The van der Waals surface area contributed by atoms with Crippen LogP contribution in [-0.2, 0) is 0 Å². The van der Waals surface area contributed by atoms with Crippen LogP contribution in [0.4, 0.5) is 4.39 Å². The second-order valence-corrected chi connectivity index (χ2v) is 5.98. The first-order chi connectivity index (χ1) is 12.4. The van der Waals surface area contributed by atoms with Crippen LogP contribution in [0.5, 0.6) is 0 Å². The summed E-state index contributed by atoms with van der Waals surface area (Å²) in [5, 5.41) is 13.7. The molecule has 2 aromatic heterocycles. The molecule has 0 radical (unpaired) electrons. The lowest BCUT2D eigenvalue weighted by Gasteiger charge is -1.98. The zero-order valence-corrected chi connectivity index (χ0v) is 13.9. The first-order valence-electron chi connectivity index (χ1n) is 7.81. The maximum absolute atomic E-state index is 13.9. The highest BCUT2D eigenvalue weighted by Crippen LogP contribution is 2.31. The summed E-state index contributed by atoms with van der Waals surface area (Å²) < 4.78 is 24.9. The molecule has 4 rings (SSSR count). The number of aromatic carboxylic acids is 1. The van der Waals surface area contributed by atoms with Crippen LogP contribution in [0.25, 0.3) is 34.0 Å². The number of aromatic nitrogens is 2. The van der Waals surface area contributed by atoms with E-state index in [1.807, 2.05) is 32.0 Å². The Bertz CT molecular complexity index is 1120. The van der Waals surface area contributed by atoms with Crippen molar-refractivity contribution in [2.24, 2.45) is 0 Å². The molecule has 0 spiro atoms. The highest BCUT2D eigenvalue weighted by atomic mass is 19.1. The second kappa shape index (κ2) is 5.80. The number of benzene rings is 2. The molecule has 2 heterocycles. The van der Waals surface area contributed by atoms with E-state index in [1.54, 1.807) is 0 Å². The van der Waals surface area contributed by atoms with Crippen molar-refractivity contribution in [2.45, 2.75) is 13.8 Å². The van der Waals surface area contributed by atoms with Gasteiger partial charge in [-0.2, -0.15) is 4.98 Å². The Morgan fingerprint density at radius 3 is 2.58 bits per heavy atom. The number of hydrogen-bond donors (Lipinski definition) is 1. The molecule has 2 aromatic carbocycles. The highest BCUT2D eigenvalue weighted by Gasteiger charge is 2.18. The van der Waals surface area contributed by atoms with E-state index < -0.39 is 17.3 Å². The van der Waals surface area contributed by atoms with Crippen molar-refractivity contribution in [3.05, 3.63) is 58.9 Å². The minimum Gasteiger partial charge on any atom is -0.478 e. The number of rotatable bonds is 3. The number of furan rings is 1. The van der Waals surface area contributed by atoms with E-state index in [4.69, 9.17) is 14.0 Å². The van der Waals surface area contributed by atoms with Crippen LogP contribution in [0.1, 0.15) is 21.5 Å². The van der Waals surface area contributed by atoms with Gasteiger partial charge < -0.3 is 14.0 Å². The van der Waals surface area contributed by atoms with E-state index >= 15 is 0 Å².